The number of aryl methyl sites for hydroxylation is 2. The molecule has 190 valence electrons. The highest BCUT2D eigenvalue weighted by atomic mass is 16.5. The Hall–Kier alpha value is -4.05. The number of hydrogen-bond acceptors (Lipinski definition) is 8. The highest BCUT2D eigenvalue weighted by Crippen LogP contribution is 2.35. The van der Waals surface area contributed by atoms with Crippen LogP contribution in [0.25, 0.3) is 44.6 Å². The third-order valence-electron chi connectivity index (χ3n) is 6.98. The van der Waals surface area contributed by atoms with E-state index < -0.39 is 0 Å². The average Bonchev–Trinajstić information content (AvgIpc) is 3.58. The SMILES string of the molecule is CCn1cc(-c2cnc3oc4c(-c5ccc(NC)nc5)nc(=O)n(CCC5CCCCO5)c4c3c2)cn1. The Kier molecular flexibility index (Phi) is 6.17. The van der Waals surface area contributed by atoms with E-state index in [4.69, 9.17) is 9.15 Å². The Morgan fingerprint density at radius 1 is 1.11 bits per heavy atom. The fraction of sp³-hybridized carbons (Fsp3) is 0.370. The van der Waals surface area contributed by atoms with Crippen molar-refractivity contribution >= 4 is 28.0 Å². The second kappa shape index (κ2) is 9.78. The van der Waals surface area contributed by atoms with E-state index in [0.29, 0.717) is 34.6 Å². The van der Waals surface area contributed by atoms with Gasteiger partial charge in [-0.2, -0.15) is 10.1 Å². The van der Waals surface area contributed by atoms with E-state index in [-0.39, 0.29) is 11.8 Å². The number of nitrogens with zero attached hydrogens (tertiary/aromatic N) is 6. The number of fused-ring (bicyclic) bond motifs is 3. The van der Waals surface area contributed by atoms with E-state index in [0.717, 1.165) is 61.2 Å². The maximum absolute atomic E-state index is 13.5. The predicted molar refractivity (Wildman–Crippen MR) is 141 cm³/mol. The summed E-state index contributed by atoms with van der Waals surface area (Å²) in [5.41, 5.74) is 4.36. The van der Waals surface area contributed by atoms with Gasteiger partial charge in [-0.15, -0.1) is 0 Å². The fourth-order valence-corrected chi connectivity index (χ4v) is 4.94. The van der Waals surface area contributed by atoms with Crippen LogP contribution in [0.2, 0.25) is 0 Å². The quantitative estimate of drug-likeness (QED) is 0.349. The van der Waals surface area contributed by atoms with Crippen LogP contribution in [-0.4, -0.2) is 49.1 Å². The van der Waals surface area contributed by atoms with Gasteiger partial charge in [0.15, 0.2) is 5.58 Å². The summed E-state index contributed by atoms with van der Waals surface area (Å²) < 4.78 is 15.8. The number of nitrogens with one attached hydrogen (secondary N) is 1. The molecule has 37 heavy (non-hydrogen) atoms. The van der Waals surface area contributed by atoms with E-state index in [2.05, 4.69) is 25.4 Å². The molecule has 1 fully saturated rings. The van der Waals surface area contributed by atoms with Gasteiger partial charge in [-0.3, -0.25) is 9.25 Å². The van der Waals surface area contributed by atoms with E-state index in [1.165, 1.54) is 0 Å². The van der Waals surface area contributed by atoms with Gasteiger partial charge in [-0.1, -0.05) is 0 Å². The first-order valence-corrected chi connectivity index (χ1v) is 12.8. The molecule has 6 heterocycles. The highest BCUT2D eigenvalue weighted by Gasteiger charge is 2.22. The maximum Gasteiger partial charge on any atom is 0.348 e. The molecule has 5 aromatic rings. The summed E-state index contributed by atoms with van der Waals surface area (Å²) in [7, 11) is 1.81. The number of anilines is 1. The standard InChI is InChI=1S/C27H29N7O3/c1-3-33-16-19(15-31-33)18-12-21-24-25(37-26(21)30-14-18)23(17-7-8-22(28-2)29-13-17)32-27(35)34(24)10-9-20-6-4-5-11-36-20/h7-8,12-16,20H,3-6,9-11H2,1-2H3,(H,28,29). The van der Waals surface area contributed by atoms with Crippen LogP contribution >= 0.6 is 0 Å². The highest BCUT2D eigenvalue weighted by molar-refractivity contribution is 6.06. The van der Waals surface area contributed by atoms with Crippen molar-refractivity contribution < 1.29 is 9.15 Å². The molecular formula is C27H29N7O3. The van der Waals surface area contributed by atoms with Crippen molar-refractivity contribution in [2.24, 2.45) is 0 Å². The molecule has 0 aromatic carbocycles. The second-order valence-corrected chi connectivity index (χ2v) is 9.30. The van der Waals surface area contributed by atoms with Gasteiger partial charge in [0.25, 0.3) is 0 Å². The zero-order chi connectivity index (χ0) is 25.4. The smallest absolute Gasteiger partial charge is 0.348 e. The van der Waals surface area contributed by atoms with Gasteiger partial charge >= 0.3 is 5.69 Å². The van der Waals surface area contributed by atoms with Gasteiger partial charge in [0, 0.05) is 62.0 Å². The summed E-state index contributed by atoms with van der Waals surface area (Å²) in [6.07, 6.45) is 11.4. The van der Waals surface area contributed by atoms with Gasteiger partial charge in [0.05, 0.1) is 17.7 Å². The minimum Gasteiger partial charge on any atom is -0.434 e. The van der Waals surface area contributed by atoms with Crippen molar-refractivity contribution in [1.29, 1.82) is 0 Å². The molecule has 6 rings (SSSR count). The minimum atomic E-state index is -0.331. The van der Waals surface area contributed by atoms with Crippen LogP contribution in [0.15, 0.2) is 52.2 Å². The summed E-state index contributed by atoms with van der Waals surface area (Å²) in [5, 5.41) is 8.17. The maximum atomic E-state index is 13.5. The van der Waals surface area contributed by atoms with Crippen LogP contribution in [0.1, 0.15) is 32.6 Å². The Balaban J connectivity index is 1.53. The summed E-state index contributed by atoms with van der Waals surface area (Å²) in [6, 6.07) is 5.75. The van der Waals surface area contributed by atoms with Crippen LogP contribution in [-0.2, 0) is 17.8 Å². The predicted octanol–water partition coefficient (Wildman–Crippen LogP) is 4.48. The summed E-state index contributed by atoms with van der Waals surface area (Å²) in [6.45, 7) is 4.08. The summed E-state index contributed by atoms with van der Waals surface area (Å²) in [5.74, 6) is 0.726. The summed E-state index contributed by atoms with van der Waals surface area (Å²) in [4.78, 5) is 26.9. The molecule has 0 saturated carbocycles. The molecular weight excluding hydrogens is 470 g/mol. The van der Waals surface area contributed by atoms with Gasteiger partial charge in [-0.05, 0) is 50.8 Å². The number of rotatable bonds is 7. The lowest BCUT2D eigenvalue weighted by Gasteiger charge is -2.22. The molecule has 1 atom stereocenters. The van der Waals surface area contributed by atoms with Crippen molar-refractivity contribution in [1.82, 2.24) is 29.3 Å². The van der Waals surface area contributed by atoms with Gasteiger partial charge in [0.2, 0.25) is 5.71 Å². The Bertz CT molecular complexity index is 1610. The molecule has 1 N–H and O–H groups in total. The summed E-state index contributed by atoms with van der Waals surface area (Å²) >= 11 is 0. The van der Waals surface area contributed by atoms with E-state index in [1.807, 2.05) is 49.2 Å². The topological polar surface area (TPSA) is 113 Å². The molecule has 0 radical (unpaired) electrons. The average molecular weight is 500 g/mol. The number of pyridine rings is 2. The first kappa shape index (κ1) is 23.4. The molecule has 1 unspecified atom stereocenters. The molecule has 1 aliphatic rings. The van der Waals surface area contributed by atoms with Crippen LogP contribution in [0, 0.1) is 0 Å². The third-order valence-corrected chi connectivity index (χ3v) is 6.98. The van der Waals surface area contributed by atoms with E-state index in [9.17, 15) is 4.79 Å². The molecule has 10 heteroatoms. The number of furan rings is 1. The molecule has 10 nitrogen and oxygen atoms in total. The van der Waals surface area contributed by atoms with E-state index in [1.54, 1.807) is 17.0 Å². The largest absolute Gasteiger partial charge is 0.434 e. The Labute approximate surface area is 213 Å². The number of aromatic nitrogens is 6. The molecule has 0 spiro atoms. The minimum absolute atomic E-state index is 0.139. The monoisotopic (exact) mass is 499 g/mol. The van der Waals surface area contributed by atoms with Crippen molar-refractivity contribution in [2.45, 2.75) is 51.8 Å². The second-order valence-electron chi connectivity index (χ2n) is 9.30. The molecule has 1 aliphatic heterocycles. The first-order chi connectivity index (χ1) is 18.1. The van der Waals surface area contributed by atoms with Crippen molar-refractivity contribution in [3.8, 4) is 22.4 Å². The number of ether oxygens (including phenoxy) is 1. The lowest BCUT2D eigenvalue weighted by Crippen LogP contribution is -2.27. The molecule has 5 aromatic heterocycles. The third kappa shape index (κ3) is 4.37. The molecule has 0 aliphatic carbocycles. The van der Waals surface area contributed by atoms with Crippen LogP contribution in [0.4, 0.5) is 5.82 Å². The van der Waals surface area contributed by atoms with Gasteiger partial charge in [-0.25, -0.2) is 14.8 Å². The first-order valence-electron chi connectivity index (χ1n) is 12.8. The van der Waals surface area contributed by atoms with Crippen LogP contribution in [0.3, 0.4) is 0 Å². The Morgan fingerprint density at radius 2 is 2.00 bits per heavy atom. The Morgan fingerprint density at radius 3 is 2.73 bits per heavy atom. The molecule has 0 amide bonds. The van der Waals surface area contributed by atoms with E-state index >= 15 is 0 Å². The normalized spacial score (nSPS) is 16.0. The van der Waals surface area contributed by atoms with Crippen LogP contribution in [0.5, 0.6) is 0 Å². The zero-order valence-corrected chi connectivity index (χ0v) is 21.0. The van der Waals surface area contributed by atoms with Crippen molar-refractivity contribution in [3.63, 3.8) is 0 Å². The lowest BCUT2D eigenvalue weighted by molar-refractivity contribution is 0.00881. The van der Waals surface area contributed by atoms with Gasteiger partial charge < -0.3 is 14.5 Å². The van der Waals surface area contributed by atoms with Crippen LogP contribution < -0.4 is 11.0 Å². The van der Waals surface area contributed by atoms with Crippen molar-refractivity contribution in [3.05, 3.63) is 53.5 Å². The number of hydrogen-bond donors (Lipinski definition) is 1. The van der Waals surface area contributed by atoms with Gasteiger partial charge in [0.1, 0.15) is 17.0 Å². The molecule has 1 saturated heterocycles. The fourth-order valence-electron chi connectivity index (χ4n) is 4.94. The lowest BCUT2D eigenvalue weighted by atomic mass is 10.1. The zero-order valence-electron chi connectivity index (χ0n) is 21.0. The molecule has 0 bridgehead atoms. The van der Waals surface area contributed by atoms with Crippen molar-refractivity contribution in [2.75, 3.05) is 19.0 Å².